The van der Waals surface area contributed by atoms with Gasteiger partial charge in [0.1, 0.15) is 5.75 Å². The molecule has 0 radical (unpaired) electrons. The highest BCUT2D eigenvalue weighted by atomic mass is 35.5. The molecular formula is C25H34ClN3O. The van der Waals surface area contributed by atoms with Gasteiger partial charge in [-0.25, -0.2) is 4.98 Å². The van der Waals surface area contributed by atoms with E-state index >= 15 is 0 Å². The van der Waals surface area contributed by atoms with Gasteiger partial charge in [0.25, 0.3) is 0 Å². The predicted octanol–water partition coefficient (Wildman–Crippen LogP) is 6.61. The number of rotatable bonds is 9. The van der Waals surface area contributed by atoms with Crippen molar-refractivity contribution in [3.8, 4) is 5.75 Å². The third-order valence-electron chi connectivity index (χ3n) is 5.56. The Morgan fingerprint density at radius 3 is 2.53 bits per heavy atom. The van der Waals surface area contributed by atoms with E-state index in [2.05, 4.69) is 57.0 Å². The molecule has 0 spiro atoms. The normalized spacial score (nSPS) is 12.3. The van der Waals surface area contributed by atoms with Crippen LogP contribution in [0.2, 0.25) is 5.02 Å². The van der Waals surface area contributed by atoms with Crippen molar-refractivity contribution in [3.63, 3.8) is 0 Å². The second kappa shape index (κ2) is 9.40. The minimum Gasteiger partial charge on any atom is -0.497 e. The van der Waals surface area contributed by atoms with Crippen LogP contribution in [0.15, 0.2) is 36.4 Å². The van der Waals surface area contributed by atoms with E-state index < -0.39 is 0 Å². The molecule has 0 amide bonds. The Morgan fingerprint density at radius 1 is 1.10 bits per heavy atom. The van der Waals surface area contributed by atoms with Crippen LogP contribution in [-0.4, -0.2) is 42.7 Å². The van der Waals surface area contributed by atoms with Gasteiger partial charge in [-0.15, -0.1) is 0 Å². The molecule has 1 aromatic heterocycles. The van der Waals surface area contributed by atoms with Crippen molar-refractivity contribution < 1.29 is 4.74 Å². The van der Waals surface area contributed by atoms with E-state index in [9.17, 15) is 0 Å². The number of nitrogens with one attached hydrogen (secondary N) is 1. The second-order valence-corrected chi connectivity index (χ2v) is 9.55. The van der Waals surface area contributed by atoms with Crippen molar-refractivity contribution in [1.82, 2.24) is 9.88 Å². The summed E-state index contributed by atoms with van der Waals surface area (Å²) in [5, 5.41) is 6.60. The topological polar surface area (TPSA) is 37.4 Å². The molecule has 0 bridgehead atoms. The van der Waals surface area contributed by atoms with Gasteiger partial charge in [-0.05, 0) is 68.6 Å². The van der Waals surface area contributed by atoms with Crippen molar-refractivity contribution in [1.29, 1.82) is 0 Å². The van der Waals surface area contributed by atoms with Gasteiger partial charge in [-0.1, -0.05) is 32.4 Å². The molecule has 4 nitrogen and oxygen atoms in total. The fourth-order valence-corrected chi connectivity index (χ4v) is 4.12. The monoisotopic (exact) mass is 427 g/mol. The van der Waals surface area contributed by atoms with E-state index in [-0.39, 0.29) is 5.41 Å². The summed E-state index contributed by atoms with van der Waals surface area (Å²) in [4.78, 5) is 7.39. The van der Waals surface area contributed by atoms with E-state index in [4.69, 9.17) is 21.3 Å². The molecule has 0 aliphatic carbocycles. The Balaban J connectivity index is 1.98. The Bertz CT molecular complexity index is 1020. The highest BCUT2D eigenvalue weighted by Gasteiger charge is 2.24. The summed E-state index contributed by atoms with van der Waals surface area (Å²) < 4.78 is 5.48. The quantitative estimate of drug-likeness (QED) is 0.390. The van der Waals surface area contributed by atoms with E-state index in [0.29, 0.717) is 11.1 Å². The molecule has 0 unspecified atom stereocenters. The molecule has 0 fully saturated rings. The van der Waals surface area contributed by atoms with Gasteiger partial charge in [-0.3, -0.25) is 0 Å². The molecule has 1 N–H and O–H groups in total. The molecule has 3 rings (SSSR count). The number of ether oxygens (including phenoxy) is 1. The fourth-order valence-electron chi connectivity index (χ4n) is 3.95. The van der Waals surface area contributed by atoms with Crippen LogP contribution >= 0.6 is 11.6 Å². The zero-order valence-electron chi connectivity index (χ0n) is 19.1. The first-order valence-corrected chi connectivity index (χ1v) is 11.2. The summed E-state index contributed by atoms with van der Waals surface area (Å²) in [7, 11) is 1.69. The number of methoxy groups -OCH3 is 1. The average molecular weight is 428 g/mol. The number of fused-ring (bicyclic) bond motifs is 2. The van der Waals surface area contributed by atoms with Crippen LogP contribution in [-0.2, 0) is 0 Å². The molecule has 0 atom stereocenters. The zero-order valence-corrected chi connectivity index (χ0v) is 19.8. The predicted molar refractivity (Wildman–Crippen MR) is 130 cm³/mol. The van der Waals surface area contributed by atoms with Gasteiger partial charge in [0.2, 0.25) is 0 Å². The molecule has 3 aromatic rings. The van der Waals surface area contributed by atoms with E-state index in [0.717, 1.165) is 52.9 Å². The molecule has 0 saturated heterocycles. The molecule has 162 valence electrons. The molecular weight excluding hydrogens is 394 g/mol. The van der Waals surface area contributed by atoms with Crippen molar-refractivity contribution >= 4 is 39.1 Å². The number of nitrogens with zero attached hydrogens (tertiary/aromatic N) is 2. The van der Waals surface area contributed by atoms with E-state index in [1.807, 2.05) is 24.3 Å². The lowest BCUT2D eigenvalue weighted by Crippen LogP contribution is -2.42. The van der Waals surface area contributed by atoms with Crippen LogP contribution in [0.4, 0.5) is 5.69 Å². The number of aromatic nitrogens is 1. The molecule has 0 saturated carbocycles. The van der Waals surface area contributed by atoms with Crippen molar-refractivity contribution in [2.45, 2.75) is 47.1 Å². The van der Waals surface area contributed by atoms with Crippen LogP contribution in [0.5, 0.6) is 5.75 Å². The first kappa shape index (κ1) is 22.6. The SMILES string of the molecule is CCCN(CC(C)(C)CNc1c2ccc(Cl)cc2nc2ccc(OC)cc12)C(C)C. The van der Waals surface area contributed by atoms with Crippen LogP contribution in [0.25, 0.3) is 21.8 Å². The van der Waals surface area contributed by atoms with E-state index in [1.165, 1.54) is 6.42 Å². The molecule has 2 aromatic carbocycles. The first-order valence-electron chi connectivity index (χ1n) is 10.8. The van der Waals surface area contributed by atoms with Gasteiger partial charge in [-0.2, -0.15) is 0 Å². The smallest absolute Gasteiger partial charge is 0.119 e. The van der Waals surface area contributed by atoms with Gasteiger partial charge in [0.15, 0.2) is 0 Å². The van der Waals surface area contributed by atoms with Gasteiger partial charge in [0, 0.05) is 34.9 Å². The highest BCUT2D eigenvalue weighted by molar-refractivity contribution is 6.31. The van der Waals surface area contributed by atoms with Gasteiger partial charge < -0.3 is 15.0 Å². The molecule has 0 aliphatic rings. The third-order valence-corrected chi connectivity index (χ3v) is 5.79. The average Bonchev–Trinajstić information content (AvgIpc) is 2.70. The third kappa shape index (κ3) is 5.16. The number of benzene rings is 2. The maximum absolute atomic E-state index is 6.25. The summed E-state index contributed by atoms with van der Waals surface area (Å²) in [6.07, 6.45) is 1.17. The van der Waals surface area contributed by atoms with E-state index in [1.54, 1.807) is 7.11 Å². The number of anilines is 1. The number of pyridine rings is 1. The standard InChI is InChI=1S/C25H34ClN3O/c1-7-12-29(17(2)3)16-25(4,5)15-27-24-20-10-8-18(26)13-23(20)28-22-11-9-19(30-6)14-21(22)24/h8-11,13-14,17H,7,12,15-16H2,1-6H3,(H,27,28). The van der Waals surface area contributed by atoms with Gasteiger partial charge in [0.05, 0.1) is 23.8 Å². The van der Waals surface area contributed by atoms with Crippen molar-refractivity contribution in [3.05, 3.63) is 41.4 Å². The van der Waals surface area contributed by atoms with Crippen LogP contribution in [0, 0.1) is 5.41 Å². The number of hydrogen-bond acceptors (Lipinski definition) is 4. The Hall–Kier alpha value is -2.04. The molecule has 0 aliphatic heterocycles. The molecule has 30 heavy (non-hydrogen) atoms. The number of hydrogen-bond donors (Lipinski definition) is 1. The largest absolute Gasteiger partial charge is 0.497 e. The van der Waals surface area contributed by atoms with Crippen LogP contribution in [0.3, 0.4) is 0 Å². The minimum absolute atomic E-state index is 0.104. The second-order valence-electron chi connectivity index (χ2n) is 9.11. The maximum Gasteiger partial charge on any atom is 0.119 e. The maximum atomic E-state index is 6.25. The Labute approximate surface area is 185 Å². The lowest BCUT2D eigenvalue weighted by Gasteiger charge is -2.35. The minimum atomic E-state index is 0.104. The van der Waals surface area contributed by atoms with Crippen LogP contribution < -0.4 is 10.1 Å². The highest BCUT2D eigenvalue weighted by Crippen LogP contribution is 2.35. The summed E-state index contributed by atoms with van der Waals surface area (Å²) in [6.45, 7) is 14.5. The molecule has 1 heterocycles. The zero-order chi connectivity index (χ0) is 21.9. The Morgan fingerprint density at radius 2 is 1.87 bits per heavy atom. The lowest BCUT2D eigenvalue weighted by molar-refractivity contribution is 0.151. The van der Waals surface area contributed by atoms with Crippen LogP contribution in [0.1, 0.15) is 41.0 Å². The summed E-state index contributed by atoms with van der Waals surface area (Å²) in [5.41, 5.74) is 3.02. The fraction of sp³-hybridized carbons (Fsp3) is 0.480. The first-order chi connectivity index (χ1) is 14.2. The van der Waals surface area contributed by atoms with Crippen molar-refractivity contribution in [2.24, 2.45) is 5.41 Å². The summed E-state index contributed by atoms with van der Waals surface area (Å²) in [5.74, 6) is 0.828. The summed E-state index contributed by atoms with van der Waals surface area (Å²) >= 11 is 6.25. The summed E-state index contributed by atoms with van der Waals surface area (Å²) in [6, 6.07) is 12.5. The van der Waals surface area contributed by atoms with Gasteiger partial charge >= 0.3 is 0 Å². The Kier molecular flexibility index (Phi) is 7.10. The lowest BCUT2D eigenvalue weighted by atomic mass is 9.91. The molecule has 5 heteroatoms. The van der Waals surface area contributed by atoms with Crippen molar-refractivity contribution in [2.75, 3.05) is 32.1 Å². The number of halogens is 1.